The van der Waals surface area contributed by atoms with E-state index in [2.05, 4.69) is 0 Å². The molecule has 0 atom stereocenters. The standard InChI is InChI=1S/C34H20O2/c1-2-10-21(11-3-1)32-22-12-4-6-14-24(22)33(25-15-7-5-13-23(25)32)31-20-27-29(36-31)18-19-30-34(27)26-16-8-9-17-28(26)35-30/h1-20H/i1D,2D,3D,4D,5D,6D,7D,10D,11D,12D,13D,14D,15D. The Balaban J connectivity index is 1.69. The molecule has 2 aromatic heterocycles. The van der Waals surface area contributed by atoms with Gasteiger partial charge in [-0.05, 0) is 56.9 Å². The van der Waals surface area contributed by atoms with E-state index in [1.807, 2.05) is 24.3 Å². The van der Waals surface area contributed by atoms with Crippen molar-refractivity contribution in [1.29, 1.82) is 0 Å². The van der Waals surface area contributed by atoms with E-state index in [0.29, 0.717) is 27.5 Å². The second-order valence-corrected chi connectivity index (χ2v) is 8.31. The Labute approximate surface area is 225 Å². The second kappa shape index (κ2) is 7.34. The van der Waals surface area contributed by atoms with E-state index in [-0.39, 0.29) is 38.4 Å². The molecule has 2 heteroatoms. The van der Waals surface area contributed by atoms with Gasteiger partial charge >= 0.3 is 0 Å². The van der Waals surface area contributed by atoms with Crippen LogP contribution >= 0.6 is 0 Å². The van der Waals surface area contributed by atoms with Crippen molar-refractivity contribution < 1.29 is 26.7 Å². The molecule has 0 aliphatic heterocycles. The Hall–Kier alpha value is -4.82. The summed E-state index contributed by atoms with van der Waals surface area (Å²) in [4.78, 5) is 0. The molecular weight excluding hydrogens is 440 g/mol. The zero-order valence-electron chi connectivity index (χ0n) is 31.4. The molecule has 0 fully saturated rings. The van der Waals surface area contributed by atoms with Crippen molar-refractivity contribution in [3.05, 3.63) is 121 Å². The Morgan fingerprint density at radius 2 is 1.06 bits per heavy atom. The summed E-state index contributed by atoms with van der Waals surface area (Å²) in [5.41, 5.74) is 0.651. The largest absolute Gasteiger partial charge is 0.456 e. The lowest BCUT2D eigenvalue weighted by atomic mass is 9.87. The van der Waals surface area contributed by atoms with E-state index in [4.69, 9.17) is 26.7 Å². The first-order valence-electron chi connectivity index (χ1n) is 17.6. The number of furan rings is 2. The highest BCUT2D eigenvalue weighted by Crippen LogP contribution is 2.46. The molecule has 2 nitrogen and oxygen atoms in total. The van der Waals surface area contributed by atoms with Gasteiger partial charge < -0.3 is 8.83 Å². The van der Waals surface area contributed by atoms with Crippen LogP contribution in [0.4, 0.5) is 0 Å². The van der Waals surface area contributed by atoms with Crippen molar-refractivity contribution in [3.8, 4) is 22.5 Å². The van der Waals surface area contributed by atoms with Gasteiger partial charge in [0.25, 0.3) is 0 Å². The molecule has 0 aliphatic carbocycles. The summed E-state index contributed by atoms with van der Waals surface area (Å²) in [7, 11) is 0. The first-order chi connectivity index (χ1) is 23.3. The highest BCUT2D eigenvalue weighted by molar-refractivity contribution is 6.23. The molecule has 0 saturated carbocycles. The Bertz CT molecular complexity index is 2710. The smallest absolute Gasteiger partial charge is 0.136 e. The lowest BCUT2D eigenvalue weighted by Gasteiger charge is -2.16. The van der Waals surface area contributed by atoms with E-state index >= 15 is 0 Å². The van der Waals surface area contributed by atoms with Crippen molar-refractivity contribution in [2.45, 2.75) is 0 Å². The Kier molecular flexibility index (Phi) is 2.21. The van der Waals surface area contributed by atoms with E-state index in [0.717, 1.165) is 5.39 Å². The van der Waals surface area contributed by atoms with Gasteiger partial charge in [0, 0.05) is 21.7 Å². The van der Waals surface area contributed by atoms with Crippen LogP contribution in [0.5, 0.6) is 0 Å². The molecule has 8 rings (SSSR count). The molecular formula is C34H20O2. The monoisotopic (exact) mass is 473 g/mol. The van der Waals surface area contributed by atoms with Crippen LogP contribution in [0.15, 0.2) is 130 Å². The summed E-state index contributed by atoms with van der Waals surface area (Å²) in [6.45, 7) is 0. The van der Waals surface area contributed by atoms with Crippen LogP contribution in [0.25, 0.3) is 76.9 Å². The van der Waals surface area contributed by atoms with Crippen LogP contribution in [-0.4, -0.2) is 0 Å². The zero-order chi connectivity index (χ0) is 35.0. The Morgan fingerprint density at radius 1 is 0.472 bits per heavy atom. The minimum Gasteiger partial charge on any atom is -0.456 e. The normalized spacial score (nSPS) is 16.9. The van der Waals surface area contributed by atoms with E-state index in [1.54, 1.807) is 18.2 Å². The van der Waals surface area contributed by atoms with E-state index < -0.39 is 84.1 Å². The molecule has 0 saturated heterocycles. The predicted octanol–water partition coefficient (Wildman–Crippen LogP) is 9.97. The number of hydrogen-bond donors (Lipinski definition) is 0. The summed E-state index contributed by atoms with van der Waals surface area (Å²) >= 11 is 0. The molecule has 36 heavy (non-hydrogen) atoms. The first-order valence-corrected chi connectivity index (χ1v) is 11.1. The van der Waals surface area contributed by atoms with Gasteiger partial charge in [0.05, 0.1) is 17.8 Å². The molecule has 0 spiro atoms. The van der Waals surface area contributed by atoms with Crippen molar-refractivity contribution in [2.75, 3.05) is 0 Å². The van der Waals surface area contributed by atoms with Crippen LogP contribution in [0.1, 0.15) is 17.8 Å². The van der Waals surface area contributed by atoms with Gasteiger partial charge in [0.1, 0.15) is 22.5 Å². The fraction of sp³-hybridized carbons (Fsp3) is 0. The molecule has 0 aliphatic rings. The van der Waals surface area contributed by atoms with Gasteiger partial charge in [-0.25, -0.2) is 0 Å². The van der Waals surface area contributed by atoms with Gasteiger partial charge in [-0.15, -0.1) is 0 Å². The van der Waals surface area contributed by atoms with Gasteiger partial charge in [-0.3, -0.25) is 0 Å². The molecule has 0 unspecified atom stereocenters. The third kappa shape index (κ3) is 2.67. The summed E-state index contributed by atoms with van der Waals surface area (Å²) in [5, 5.41) is 1.06. The quantitative estimate of drug-likeness (QED) is 0.233. The summed E-state index contributed by atoms with van der Waals surface area (Å²) in [6, 6.07) is 3.73. The van der Waals surface area contributed by atoms with Crippen LogP contribution in [0, 0.1) is 0 Å². The van der Waals surface area contributed by atoms with Crippen molar-refractivity contribution >= 4 is 54.5 Å². The number of rotatable bonds is 2. The molecule has 6 aromatic carbocycles. The molecule has 0 bridgehead atoms. The summed E-state index contributed by atoms with van der Waals surface area (Å²) in [6.07, 6.45) is 0. The van der Waals surface area contributed by atoms with Gasteiger partial charge in [-0.1, -0.05) is 96.8 Å². The number of benzene rings is 6. The SMILES string of the molecule is [2H]c1c([2H])c([2H])c(-c2c3c([2H])c([2H])c([2H])c([2H])c3c(-c3cc4c(ccc5oc6ccccc6c54)o3)c3c([2H])c([2H])c([2H])c([2H])c23)c([2H])c1[2H]. The lowest BCUT2D eigenvalue weighted by Crippen LogP contribution is -1.89. The Morgan fingerprint density at radius 3 is 1.78 bits per heavy atom. The van der Waals surface area contributed by atoms with Crippen molar-refractivity contribution in [1.82, 2.24) is 0 Å². The lowest BCUT2D eigenvalue weighted by molar-refractivity contribution is 0.632. The minimum absolute atomic E-state index is 0.0189. The average Bonchev–Trinajstić information content (AvgIpc) is 3.70. The predicted molar refractivity (Wildman–Crippen MR) is 149 cm³/mol. The molecule has 0 N–H and O–H groups in total. The van der Waals surface area contributed by atoms with Crippen LogP contribution in [0.3, 0.4) is 0 Å². The number of hydrogen-bond acceptors (Lipinski definition) is 2. The highest BCUT2D eigenvalue weighted by atomic mass is 16.3. The van der Waals surface area contributed by atoms with Crippen molar-refractivity contribution in [2.24, 2.45) is 0 Å². The van der Waals surface area contributed by atoms with Crippen LogP contribution in [0.2, 0.25) is 0 Å². The third-order valence-corrected chi connectivity index (χ3v) is 6.41. The maximum atomic E-state index is 9.11. The highest BCUT2D eigenvalue weighted by Gasteiger charge is 2.20. The maximum absolute atomic E-state index is 9.11. The molecule has 2 heterocycles. The molecule has 0 radical (unpaired) electrons. The zero-order valence-corrected chi connectivity index (χ0v) is 18.4. The number of para-hydroxylation sites is 1. The van der Waals surface area contributed by atoms with E-state index in [9.17, 15) is 0 Å². The molecule has 168 valence electrons. The van der Waals surface area contributed by atoms with Crippen LogP contribution < -0.4 is 0 Å². The average molecular weight is 474 g/mol. The molecule has 0 amide bonds. The molecule has 8 aromatic rings. The van der Waals surface area contributed by atoms with Crippen LogP contribution in [-0.2, 0) is 0 Å². The van der Waals surface area contributed by atoms with Gasteiger partial charge in [0.15, 0.2) is 0 Å². The van der Waals surface area contributed by atoms with Crippen molar-refractivity contribution in [3.63, 3.8) is 0 Å². The topological polar surface area (TPSA) is 26.3 Å². The van der Waals surface area contributed by atoms with E-state index in [1.165, 1.54) is 0 Å². The fourth-order valence-electron chi connectivity index (χ4n) is 4.95. The maximum Gasteiger partial charge on any atom is 0.136 e. The van der Waals surface area contributed by atoms with Gasteiger partial charge in [0.2, 0.25) is 0 Å². The number of fused-ring (bicyclic) bond motifs is 7. The second-order valence-electron chi connectivity index (χ2n) is 8.31. The van der Waals surface area contributed by atoms with Gasteiger partial charge in [-0.2, -0.15) is 0 Å². The third-order valence-electron chi connectivity index (χ3n) is 6.41. The fourth-order valence-corrected chi connectivity index (χ4v) is 4.95. The summed E-state index contributed by atoms with van der Waals surface area (Å²) in [5.74, 6) is 0.0189. The summed E-state index contributed by atoms with van der Waals surface area (Å²) < 4.78 is 126. The first kappa shape index (κ1) is 10.8. The minimum atomic E-state index is -0.725.